The molecule has 0 fully saturated rings. The van der Waals surface area contributed by atoms with Crippen molar-refractivity contribution in [3.8, 4) is 0 Å². The number of rotatable bonds is 5. The second-order valence-corrected chi connectivity index (χ2v) is 4.47. The molecule has 0 aliphatic heterocycles. The van der Waals surface area contributed by atoms with Gasteiger partial charge >= 0.3 is 6.18 Å². The Bertz CT molecular complexity index is 655. The van der Waals surface area contributed by atoms with Crippen molar-refractivity contribution < 1.29 is 22.5 Å². The summed E-state index contributed by atoms with van der Waals surface area (Å²) >= 11 is 0. The molecule has 0 spiro atoms. The highest BCUT2D eigenvalue weighted by Gasteiger charge is 2.27. The number of alkyl halides is 3. The zero-order chi connectivity index (χ0) is 16.2. The summed E-state index contributed by atoms with van der Waals surface area (Å²) in [7, 11) is 0. The van der Waals surface area contributed by atoms with Crippen LogP contribution in [0.4, 0.5) is 18.9 Å². The minimum Gasteiger partial charge on any atom is -0.376 e. The molecule has 0 saturated heterocycles. The Morgan fingerprint density at radius 1 is 1.36 bits per heavy atom. The number of halogens is 3. The van der Waals surface area contributed by atoms with Crippen LogP contribution in [0.15, 0.2) is 28.8 Å². The van der Waals surface area contributed by atoms with Crippen molar-refractivity contribution in [3.05, 3.63) is 41.5 Å². The summed E-state index contributed by atoms with van der Waals surface area (Å²) in [6.07, 6.45) is -4.44. The topological polar surface area (TPSA) is 80.0 Å². The van der Waals surface area contributed by atoms with E-state index in [-0.39, 0.29) is 12.1 Å². The van der Waals surface area contributed by atoms with E-state index in [0.29, 0.717) is 17.4 Å². The average Bonchev–Trinajstić information content (AvgIpc) is 2.88. The highest BCUT2D eigenvalue weighted by Crippen LogP contribution is 2.14. The van der Waals surface area contributed by atoms with Gasteiger partial charge in [-0.25, -0.2) is 0 Å². The number of nitrogens with one attached hydrogen (secondary N) is 2. The minimum absolute atomic E-state index is 0.121. The second kappa shape index (κ2) is 6.46. The summed E-state index contributed by atoms with van der Waals surface area (Å²) < 4.78 is 41.1. The van der Waals surface area contributed by atoms with Gasteiger partial charge in [-0.1, -0.05) is 11.2 Å². The van der Waals surface area contributed by atoms with Gasteiger partial charge in [0.05, 0.1) is 6.54 Å². The summed E-state index contributed by atoms with van der Waals surface area (Å²) in [5, 5.41) is 8.38. The van der Waals surface area contributed by atoms with Crippen molar-refractivity contribution in [1.29, 1.82) is 0 Å². The monoisotopic (exact) mass is 314 g/mol. The molecule has 2 rings (SSSR count). The molecule has 0 saturated carbocycles. The molecule has 1 aromatic carbocycles. The highest BCUT2D eigenvalue weighted by atomic mass is 19.4. The van der Waals surface area contributed by atoms with Crippen LogP contribution in [-0.4, -0.2) is 28.8 Å². The lowest BCUT2D eigenvalue weighted by molar-refractivity contribution is -0.123. The molecule has 0 atom stereocenters. The van der Waals surface area contributed by atoms with E-state index < -0.39 is 18.6 Å². The molecule has 0 unspecified atom stereocenters. The van der Waals surface area contributed by atoms with Crippen LogP contribution in [0.25, 0.3) is 0 Å². The molecule has 6 nitrogen and oxygen atoms in total. The van der Waals surface area contributed by atoms with Gasteiger partial charge in [0, 0.05) is 11.3 Å². The highest BCUT2D eigenvalue weighted by molar-refractivity contribution is 5.95. The molecule has 0 radical (unpaired) electrons. The lowest BCUT2D eigenvalue weighted by Crippen LogP contribution is -2.33. The van der Waals surface area contributed by atoms with E-state index in [4.69, 9.17) is 4.52 Å². The van der Waals surface area contributed by atoms with Gasteiger partial charge < -0.3 is 15.2 Å². The predicted molar refractivity (Wildman–Crippen MR) is 71.2 cm³/mol. The number of hydrogen-bond acceptors (Lipinski definition) is 5. The number of carbonyl (C=O) groups excluding carboxylic acids is 1. The van der Waals surface area contributed by atoms with E-state index >= 15 is 0 Å². The van der Waals surface area contributed by atoms with Gasteiger partial charge in [0.1, 0.15) is 6.54 Å². The fourth-order valence-electron chi connectivity index (χ4n) is 1.64. The van der Waals surface area contributed by atoms with E-state index in [1.807, 2.05) is 5.32 Å². The largest absolute Gasteiger partial charge is 0.405 e. The molecule has 118 valence electrons. The van der Waals surface area contributed by atoms with Crippen molar-refractivity contribution in [2.75, 3.05) is 11.9 Å². The van der Waals surface area contributed by atoms with Crippen molar-refractivity contribution in [2.45, 2.75) is 19.6 Å². The van der Waals surface area contributed by atoms with Crippen molar-refractivity contribution >= 4 is 11.6 Å². The Morgan fingerprint density at radius 3 is 2.77 bits per heavy atom. The molecule has 1 aromatic heterocycles. The predicted octanol–water partition coefficient (Wildman–Crippen LogP) is 2.28. The number of benzene rings is 1. The molecule has 22 heavy (non-hydrogen) atoms. The molecule has 2 aromatic rings. The quantitative estimate of drug-likeness (QED) is 0.885. The number of anilines is 1. The van der Waals surface area contributed by atoms with Gasteiger partial charge in [0.2, 0.25) is 5.89 Å². The molecule has 1 amide bonds. The molecule has 0 aliphatic rings. The van der Waals surface area contributed by atoms with Gasteiger partial charge in [-0.15, -0.1) is 0 Å². The van der Waals surface area contributed by atoms with Crippen molar-refractivity contribution in [2.24, 2.45) is 0 Å². The third kappa shape index (κ3) is 4.76. The Kier molecular flexibility index (Phi) is 4.64. The standard InChI is InChI=1S/C13H13F3N4O2/c1-8-19-11(22-20-8)6-17-10-4-2-3-9(5-10)12(21)18-7-13(14,15)16/h2-5,17H,6-7H2,1H3,(H,18,21). The van der Waals surface area contributed by atoms with Gasteiger partial charge in [-0.05, 0) is 25.1 Å². The van der Waals surface area contributed by atoms with Gasteiger partial charge in [0.25, 0.3) is 5.91 Å². The van der Waals surface area contributed by atoms with E-state index in [9.17, 15) is 18.0 Å². The van der Waals surface area contributed by atoms with E-state index in [1.54, 1.807) is 19.1 Å². The van der Waals surface area contributed by atoms with E-state index in [2.05, 4.69) is 15.5 Å². The second-order valence-electron chi connectivity index (χ2n) is 4.47. The first-order valence-corrected chi connectivity index (χ1v) is 6.31. The average molecular weight is 314 g/mol. The third-order valence-electron chi connectivity index (χ3n) is 2.59. The number of nitrogens with zero attached hydrogens (tertiary/aromatic N) is 2. The molecular formula is C13H13F3N4O2. The molecule has 2 N–H and O–H groups in total. The first-order chi connectivity index (χ1) is 10.3. The van der Waals surface area contributed by atoms with Crippen molar-refractivity contribution in [1.82, 2.24) is 15.5 Å². The summed E-state index contributed by atoms with van der Waals surface area (Å²) in [4.78, 5) is 15.6. The molecule has 9 heteroatoms. The van der Waals surface area contributed by atoms with Gasteiger partial charge in [-0.3, -0.25) is 4.79 Å². The Morgan fingerprint density at radius 2 is 2.14 bits per heavy atom. The first kappa shape index (κ1) is 15.8. The fourth-order valence-corrected chi connectivity index (χ4v) is 1.64. The van der Waals surface area contributed by atoms with Crippen LogP contribution in [0.2, 0.25) is 0 Å². The number of hydrogen-bond donors (Lipinski definition) is 2. The molecule has 1 heterocycles. The number of amides is 1. The Labute approximate surface area is 123 Å². The van der Waals surface area contributed by atoms with Crippen LogP contribution in [0.3, 0.4) is 0 Å². The lowest BCUT2D eigenvalue weighted by atomic mass is 10.2. The Balaban J connectivity index is 1.95. The summed E-state index contributed by atoms with van der Waals surface area (Å²) in [5.74, 6) is 0.0658. The van der Waals surface area contributed by atoms with Crippen LogP contribution >= 0.6 is 0 Å². The SMILES string of the molecule is Cc1noc(CNc2cccc(C(=O)NCC(F)(F)F)c2)n1. The van der Waals surface area contributed by atoms with Crippen LogP contribution < -0.4 is 10.6 Å². The fraction of sp³-hybridized carbons (Fsp3) is 0.308. The lowest BCUT2D eigenvalue weighted by Gasteiger charge is -2.09. The summed E-state index contributed by atoms with van der Waals surface area (Å²) in [6, 6.07) is 6.09. The third-order valence-corrected chi connectivity index (χ3v) is 2.59. The maximum Gasteiger partial charge on any atom is 0.405 e. The summed E-state index contributed by atoms with van der Waals surface area (Å²) in [6.45, 7) is 0.553. The number of carbonyl (C=O) groups is 1. The minimum atomic E-state index is -4.44. The van der Waals surface area contributed by atoms with Gasteiger partial charge in [-0.2, -0.15) is 18.2 Å². The van der Waals surface area contributed by atoms with Crippen LogP contribution in [0.1, 0.15) is 22.1 Å². The zero-order valence-electron chi connectivity index (χ0n) is 11.6. The number of aryl methyl sites for hydroxylation is 1. The summed E-state index contributed by atoms with van der Waals surface area (Å²) in [5.41, 5.74) is 0.673. The van der Waals surface area contributed by atoms with Crippen molar-refractivity contribution in [3.63, 3.8) is 0 Å². The Hall–Kier alpha value is -2.58. The zero-order valence-corrected chi connectivity index (χ0v) is 11.6. The van der Waals surface area contributed by atoms with Gasteiger partial charge in [0.15, 0.2) is 5.82 Å². The maximum absolute atomic E-state index is 12.1. The van der Waals surface area contributed by atoms with Crippen LogP contribution in [0, 0.1) is 6.92 Å². The maximum atomic E-state index is 12.1. The first-order valence-electron chi connectivity index (χ1n) is 6.31. The van der Waals surface area contributed by atoms with E-state index in [0.717, 1.165) is 0 Å². The molecular weight excluding hydrogens is 301 g/mol. The van der Waals surface area contributed by atoms with E-state index in [1.165, 1.54) is 12.1 Å². The van der Waals surface area contributed by atoms with Crippen LogP contribution in [-0.2, 0) is 6.54 Å². The van der Waals surface area contributed by atoms with Crippen LogP contribution in [0.5, 0.6) is 0 Å². The number of aromatic nitrogens is 2. The molecule has 0 bridgehead atoms. The molecule has 0 aliphatic carbocycles. The smallest absolute Gasteiger partial charge is 0.376 e. The normalized spacial score (nSPS) is 11.3.